The van der Waals surface area contributed by atoms with Crippen molar-refractivity contribution < 1.29 is 13.2 Å². The number of thioether (sulfide) groups is 1. The van der Waals surface area contributed by atoms with E-state index in [9.17, 15) is 13.2 Å². The Bertz CT molecular complexity index is 840. The van der Waals surface area contributed by atoms with Gasteiger partial charge in [-0.15, -0.1) is 21.5 Å². The Labute approximate surface area is 158 Å². The second-order valence-corrected chi connectivity index (χ2v) is 10.7. The van der Waals surface area contributed by atoms with E-state index in [2.05, 4.69) is 15.5 Å². The Morgan fingerprint density at radius 3 is 2.80 bits per heavy atom. The highest BCUT2D eigenvalue weighted by Gasteiger charge is 2.27. The highest BCUT2D eigenvalue weighted by molar-refractivity contribution is 8.01. The van der Waals surface area contributed by atoms with Crippen LogP contribution in [0.3, 0.4) is 0 Å². The zero-order valence-corrected chi connectivity index (χ0v) is 16.9. The van der Waals surface area contributed by atoms with Gasteiger partial charge in [-0.1, -0.05) is 36.4 Å². The number of piperidine rings is 1. The van der Waals surface area contributed by atoms with Crippen LogP contribution in [0.2, 0.25) is 0 Å². The molecule has 2 aromatic heterocycles. The molecular weight excluding hydrogens is 400 g/mol. The molecule has 11 heteroatoms. The maximum absolute atomic E-state index is 12.6. The van der Waals surface area contributed by atoms with Gasteiger partial charge in [-0.25, -0.2) is 8.42 Å². The Kier molecular flexibility index (Phi) is 6.10. The van der Waals surface area contributed by atoms with Crippen LogP contribution in [0, 0.1) is 0 Å². The van der Waals surface area contributed by atoms with Crippen molar-refractivity contribution in [2.75, 3.05) is 24.2 Å². The second-order valence-electron chi connectivity index (χ2n) is 5.37. The Hall–Kier alpha value is -1.01. The third kappa shape index (κ3) is 4.40. The molecule has 2 aromatic rings. The molecule has 0 bridgehead atoms. The number of nitrogens with zero attached hydrogens (tertiary/aromatic N) is 3. The molecule has 0 aliphatic carbocycles. The van der Waals surface area contributed by atoms with Gasteiger partial charge in [-0.3, -0.25) is 10.1 Å². The fourth-order valence-electron chi connectivity index (χ4n) is 2.43. The zero-order valence-electron chi connectivity index (χ0n) is 13.6. The minimum Gasteiger partial charge on any atom is -0.296 e. The number of sulfonamides is 1. The van der Waals surface area contributed by atoms with Crippen molar-refractivity contribution >= 4 is 55.5 Å². The topological polar surface area (TPSA) is 92.3 Å². The summed E-state index contributed by atoms with van der Waals surface area (Å²) in [5.74, 6) is 0.514. The number of thiophene rings is 1. The predicted octanol–water partition coefficient (Wildman–Crippen LogP) is 3.14. The van der Waals surface area contributed by atoms with E-state index in [0.29, 0.717) is 23.1 Å². The minimum atomic E-state index is -3.52. The fraction of sp³-hybridized carbons (Fsp3) is 0.500. The van der Waals surface area contributed by atoms with E-state index in [-0.39, 0.29) is 10.8 Å². The summed E-state index contributed by atoms with van der Waals surface area (Å²) in [5.41, 5.74) is 0. The number of hydrogen-bond acceptors (Lipinski definition) is 8. The molecule has 1 amide bonds. The third-order valence-corrected chi connectivity index (χ3v) is 8.46. The van der Waals surface area contributed by atoms with Gasteiger partial charge in [0.15, 0.2) is 4.34 Å². The van der Waals surface area contributed by atoms with Gasteiger partial charge in [0.2, 0.25) is 15.2 Å². The normalized spacial score (nSPS) is 16.0. The Morgan fingerprint density at radius 2 is 2.08 bits per heavy atom. The molecule has 0 atom stereocenters. The number of hydrogen-bond donors (Lipinski definition) is 1. The van der Waals surface area contributed by atoms with Crippen molar-refractivity contribution in [1.29, 1.82) is 0 Å². The molecule has 25 heavy (non-hydrogen) atoms. The molecule has 1 aliphatic rings. The van der Waals surface area contributed by atoms with Gasteiger partial charge in [-0.05, 0) is 24.7 Å². The number of aromatic nitrogens is 2. The zero-order chi connectivity index (χ0) is 17.9. The molecule has 1 fully saturated rings. The van der Waals surface area contributed by atoms with Crippen LogP contribution in [0.25, 0.3) is 0 Å². The first-order valence-corrected chi connectivity index (χ1v) is 12.0. The largest absolute Gasteiger partial charge is 0.296 e. The lowest BCUT2D eigenvalue weighted by Gasteiger charge is -2.25. The summed E-state index contributed by atoms with van der Waals surface area (Å²) in [6.07, 6.45) is 2.82. The molecule has 0 saturated carbocycles. The third-order valence-electron chi connectivity index (χ3n) is 3.65. The van der Waals surface area contributed by atoms with Crippen LogP contribution in [0.15, 0.2) is 20.7 Å². The van der Waals surface area contributed by atoms with Crippen LogP contribution in [0.4, 0.5) is 5.13 Å². The van der Waals surface area contributed by atoms with Crippen LogP contribution >= 0.6 is 34.4 Å². The number of anilines is 1. The van der Waals surface area contributed by atoms with Crippen LogP contribution in [-0.4, -0.2) is 47.7 Å². The summed E-state index contributed by atoms with van der Waals surface area (Å²) in [6, 6.07) is 1.44. The first kappa shape index (κ1) is 18.8. The molecule has 1 N–H and O–H groups in total. The Balaban J connectivity index is 1.70. The summed E-state index contributed by atoms with van der Waals surface area (Å²) in [4.78, 5) is 12.8. The van der Waals surface area contributed by atoms with Crippen molar-refractivity contribution in [2.24, 2.45) is 0 Å². The van der Waals surface area contributed by atoms with Crippen molar-refractivity contribution in [3.63, 3.8) is 0 Å². The summed E-state index contributed by atoms with van der Waals surface area (Å²) < 4.78 is 27.6. The first-order valence-electron chi connectivity index (χ1n) is 7.87. The average Bonchev–Trinajstić information content (AvgIpc) is 3.26. The van der Waals surface area contributed by atoms with E-state index in [0.717, 1.165) is 40.7 Å². The average molecular weight is 419 g/mol. The van der Waals surface area contributed by atoms with Crippen LogP contribution in [-0.2, 0) is 10.0 Å². The molecule has 0 radical (unpaired) electrons. The lowest BCUT2D eigenvalue weighted by atomic mass is 10.2. The van der Waals surface area contributed by atoms with Crippen LogP contribution < -0.4 is 5.32 Å². The van der Waals surface area contributed by atoms with Crippen molar-refractivity contribution in [1.82, 2.24) is 14.5 Å². The number of nitrogens with one attached hydrogen (secondary N) is 1. The standard InChI is InChI=1S/C14H18N4O3S4/c1-2-22-14-17-16-13(24-14)15-12(19)11-8-10(9-23-11)25(20,21)18-6-4-3-5-7-18/h8-9H,2-7H2,1H3,(H,15,16,19). The van der Waals surface area contributed by atoms with Crippen LogP contribution in [0.5, 0.6) is 0 Å². The number of carbonyl (C=O) groups excluding carboxylic acids is 1. The molecule has 7 nitrogen and oxygen atoms in total. The van der Waals surface area contributed by atoms with Gasteiger partial charge < -0.3 is 0 Å². The van der Waals surface area contributed by atoms with E-state index >= 15 is 0 Å². The number of carbonyl (C=O) groups is 1. The fourth-order valence-corrected chi connectivity index (χ4v) is 6.75. The molecule has 1 aliphatic heterocycles. The maximum Gasteiger partial charge on any atom is 0.267 e. The van der Waals surface area contributed by atoms with Crippen molar-refractivity contribution in [3.05, 3.63) is 16.3 Å². The number of amides is 1. The molecule has 3 heterocycles. The predicted molar refractivity (Wildman–Crippen MR) is 101 cm³/mol. The van der Waals surface area contributed by atoms with Crippen LogP contribution in [0.1, 0.15) is 35.9 Å². The lowest BCUT2D eigenvalue weighted by Crippen LogP contribution is -2.35. The van der Waals surface area contributed by atoms with E-state index in [4.69, 9.17) is 0 Å². The molecule has 136 valence electrons. The molecule has 3 rings (SSSR count). The van der Waals surface area contributed by atoms with Gasteiger partial charge in [0.1, 0.15) is 0 Å². The second kappa shape index (κ2) is 8.12. The van der Waals surface area contributed by atoms with Gasteiger partial charge in [0.05, 0.1) is 9.77 Å². The minimum absolute atomic E-state index is 0.184. The summed E-state index contributed by atoms with van der Waals surface area (Å²) in [7, 11) is -3.52. The number of rotatable bonds is 6. The molecule has 0 aromatic carbocycles. The molecule has 1 saturated heterocycles. The highest BCUT2D eigenvalue weighted by Crippen LogP contribution is 2.28. The van der Waals surface area contributed by atoms with Gasteiger partial charge in [0.25, 0.3) is 5.91 Å². The van der Waals surface area contributed by atoms with E-state index in [1.165, 1.54) is 27.1 Å². The van der Waals surface area contributed by atoms with Gasteiger partial charge >= 0.3 is 0 Å². The highest BCUT2D eigenvalue weighted by atomic mass is 32.2. The smallest absolute Gasteiger partial charge is 0.267 e. The molecule has 0 spiro atoms. The van der Waals surface area contributed by atoms with Gasteiger partial charge in [0, 0.05) is 18.5 Å². The monoisotopic (exact) mass is 418 g/mol. The summed E-state index contributed by atoms with van der Waals surface area (Å²) >= 11 is 3.97. The van der Waals surface area contributed by atoms with Gasteiger partial charge in [-0.2, -0.15) is 4.31 Å². The SMILES string of the molecule is CCSc1nnc(NC(=O)c2cc(S(=O)(=O)N3CCCCC3)cs2)s1. The van der Waals surface area contributed by atoms with E-state index in [1.54, 1.807) is 11.8 Å². The van der Waals surface area contributed by atoms with Crippen molar-refractivity contribution in [2.45, 2.75) is 35.4 Å². The maximum atomic E-state index is 12.6. The first-order chi connectivity index (χ1) is 12.0. The van der Waals surface area contributed by atoms with E-state index in [1.807, 2.05) is 6.92 Å². The van der Waals surface area contributed by atoms with Crippen molar-refractivity contribution in [3.8, 4) is 0 Å². The molecular formula is C14H18N4O3S4. The molecule has 0 unspecified atom stereocenters. The Morgan fingerprint density at radius 1 is 1.32 bits per heavy atom. The summed E-state index contributed by atoms with van der Waals surface area (Å²) in [5, 5.41) is 12.5. The lowest BCUT2D eigenvalue weighted by molar-refractivity contribution is 0.103. The van der Waals surface area contributed by atoms with E-state index < -0.39 is 10.0 Å². The quantitative estimate of drug-likeness (QED) is 0.572. The summed E-state index contributed by atoms with van der Waals surface area (Å²) in [6.45, 7) is 3.10.